The molecule has 1 aromatic carbocycles. The van der Waals surface area contributed by atoms with E-state index in [1.807, 2.05) is 6.07 Å². The minimum Gasteiger partial charge on any atom is -0.463 e. The van der Waals surface area contributed by atoms with Crippen LogP contribution in [0.4, 0.5) is 14.5 Å². The predicted molar refractivity (Wildman–Crippen MR) is 98.8 cm³/mol. The van der Waals surface area contributed by atoms with Crippen molar-refractivity contribution in [2.75, 3.05) is 0 Å². The number of benzene rings is 1. The van der Waals surface area contributed by atoms with Crippen LogP contribution in [0.25, 0.3) is 11.5 Å². The molecule has 0 unspecified atom stereocenters. The zero-order valence-electron chi connectivity index (χ0n) is 13.8. The van der Waals surface area contributed by atoms with Crippen molar-refractivity contribution < 1.29 is 13.2 Å². The van der Waals surface area contributed by atoms with Gasteiger partial charge in [0.15, 0.2) is 11.6 Å². The molecule has 3 aromatic heterocycles. The van der Waals surface area contributed by atoms with E-state index in [1.165, 1.54) is 22.1 Å². The Morgan fingerprint density at radius 1 is 1.11 bits per heavy atom. The maximum atomic E-state index is 14.0. The van der Waals surface area contributed by atoms with Gasteiger partial charge in [0, 0.05) is 17.6 Å². The van der Waals surface area contributed by atoms with Crippen LogP contribution in [0, 0.1) is 11.6 Å². The Bertz CT molecular complexity index is 1150. The van der Waals surface area contributed by atoms with E-state index in [9.17, 15) is 8.78 Å². The normalized spacial score (nSPS) is 12.1. The third-order valence-corrected chi connectivity index (χ3v) is 4.39. The molecule has 4 aromatic rings. The summed E-state index contributed by atoms with van der Waals surface area (Å²) in [6, 6.07) is 12.2. The number of aromatic nitrogens is 2. The summed E-state index contributed by atoms with van der Waals surface area (Å²) in [4.78, 5) is 8.88. The van der Waals surface area contributed by atoms with Gasteiger partial charge in [-0.3, -0.25) is 4.98 Å². The van der Waals surface area contributed by atoms with Crippen LogP contribution in [-0.2, 0) is 0 Å². The van der Waals surface area contributed by atoms with Gasteiger partial charge in [0.25, 0.3) is 0 Å². The molecule has 0 bridgehead atoms. The SMILES string of the molecule is Fc1ccc(N=c2scc(-c3ccco3)n2N=Cc2ccccn2)c(F)c1. The number of thiazole rings is 1. The van der Waals surface area contributed by atoms with Gasteiger partial charge in [0.2, 0.25) is 4.80 Å². The van der Waals surface area contributed by atoms with Crippen molar-refractivity contribution in [3.8, 4) is 11.5 Å². The van der Waals surface area contributed by atoms with Gasteiger partial charge in [-0.05, 0) is 36.4 Å². The molecule has 0 aliphatic heterocycles. The van der Waals surface area contributed by atoms with Crippen LogP contribution >= 0.6 is 11.3 Å². The van der Waals surface area contributed by atoms with E-state index < -0.39 is 11.6 Å². The molecule has 0 atom stereocenters. The van der Waals surface area contributed by atoms with Crippen molar-refractivity contribution in [2.24, 2.45) is 10.1 Å². The van der Waals surface area contributed by atoms with Gasteiger partial charge in [-0.1, -0.05) is 6.07 Å². The summed E-state index contributed by atoms with van der Waals surface area (Å²) in [7, 11) is 0. The molecule has 27 heavy (non-hydrogen) atoms. The molecule has 3 heterocycles. The fourth-order valence-electron chi connectivity index (χ4n) is 2.33. The molecule has 134 valence electrons. The van der Waals surface area contributed by atoms with Crippen molar-refractivity contribution in [2.45, 2.75) is 0 Å². The summed E-state index contributed by atoms with van der Waals surface area (Å²) in [5.74, 6) is -0.816. The first-order valence-electron chi connectivity index (χ1n) is 7.90. The van der Waals surface area contributed by atoms with Gasteiger partial charge >= 0.3 is 0 Å². The third-order valence-electron chi connectivity index (χ3n) is 3.58. The molecular weight excluding hydrogens is 370 g/mol. The van der Waals surface area contributed by atoms with E-state index in [2.05, 4.69) is 15.1 Å². The number of pyridine rings is 1. The van der Waals surface area contributed by atoms with Crippen LogP contribution in [-0.4, -0.2) is 15.9 Å². The van der Waals surface area contributed by atoms with Crippen LogP contribution in [0.3, 0.4) is 0 Å². The first-order chi connectivity index (χ1) is 13.2. The van der Waals surface area contributed by atoms with Crippen LogP contribution < -0.4 is 4.80 Å². The highest BCUT2D eigenvalue weighted by atomic mass is 32.1. The lowest BCUT2D eigenvalue weighted by atomic mass is 10.3. The Hall–Kier alpha value is -3.39. The fraction of sp³-hybridized carbons (Fsp3) is 0. The summed E-state index contributed by atoms with van der Waals surface area (Å²) in [5, 5.41) is 6.23. The molecule has 4 rings (SSSR count). The lowest BCUT2D eigenvalue weighted by molar-refractivity contribution is 0.575. The molecule has 0 saturated carbocycles. The van der Waals surface area contributed by atoms with Crippen molar-refractivity contribution >= 4 is 23.2 Å². The summed E-state index contributed by atoms with van der Waals surface area (Å²) in [5.41, 5.74) is 1.32. The summed E-state index contributed by atoms with van der Waals surface area (Å²) in [6.45, 7) is 0. The molecule has 0 radical (unpaired) electrons. The van der Waals surface area contributed by atoms with E-state index in [1.54, 1.807) is 48.3 Å². The second-order valence-corrected chi connectivity index (χ2v) is 6.24. The lowest BCUT2D eigenvalue weighted by Gasteiger charge is -2.01. The van der Waals surface area contributed by atoms with Crippen LogP contribution in [0.15, 0.2) is 80.9 Å². The van der Waals surface area contributed by atoms with Gasteiger partial charge in [-0.15, -0.1) is 11.3 Å². The second-order valence-electron chi connectivity index (χ2n) is 5.40. The van der Waals surface area contributed by atoms with Gasteiger partial charge in [-0.25, -0.2) is 18.4 Å². The molecule has 0 aliphatic carbocycles. The Kier molecular flexibility index (Phi) is 4.71. The zero-order chi connectivity index (χ0) is 18.6. The Balaban J connectivity index is 1.84. The van der Waals surface area contributed by atoms with E-state index in [-0.39, 0.29) is 5.69 Å². The maximum Gasteiger partial charge on any atom is 0.211 e. The van der Waals surface area contributed by atoms with Crippen molar-refractivity contribution in [3.05, 3.63) is 88.5 Å². The first-order valence-corrected chi connectivity index (χ1v) is 8.78. The summed E-state index contributed by atoms with van der Waals surface area (Å²) in [6.07, 6.45) is 4.78. The molecule has 0 saturated heterocycles. The standard InChI is InChI=1S/C19H12F2N4OS/c20-13-6-7-16(15(21)10-13)24-19-25(23-11-14-4-1-2-8-22-14)17(12-27-19)18-5-3-9-26-18/h1-12H. The summed E-state index contributed by atoms with van der Waals surface area (Å²) < 4.78 is 34.1. The predicted octanol–water partition coefficient (Wildman–Crippen LogP) is 4.60. The van der Waals surface area contributed by atoms with Crippen molar-refractivity contribution in [1.82, 2.24) is 9.66 Å². The monoisotopic (exact) mass is 382 g/mol. The van der Waals surface area contributed by atoms with Gasteiger partial charge in [0.1, 0.15) is 17.2 Å². The minimum atomic E-state index is -0.747. The molecule has 8 heteroatoms. The highest BCUT2D eigenvalue weighted by molar-refractivity contribution is 7.07. The second kappa shape index (κ2) is 7.46. The average Bonchev–Trinajstić information content (AvgIpc) is 3.33. The topological polar surface area (TPSA) is 55.7 Å². The van der Waals surface area contributed by atoms with Crippen LogP contribution in [0.1, 0.15) is 5.69 Å². The fourth-order valence-corrected chi connectivity index (χ4v) is 3.16. The molecule has 5 nitrogen and oxygen atoms in total. The Morgan fingerprint density at radius 2 is 2.04 bits per heavy atom. The Morgan fingerprint density at radius 3 is 2.78 bits per heavy atom. The minimum absolute atomic E-state index is 0.0195. The quantitative estimate of drug-likeness (QED) is 0.485. The van der Waals surface area contributed by atoms with Gasteiger partial charge in [-0.2, -0.15) is 5.10 Å². The van der Waals surface area contributed by atoms with Gasteiger partial charge in [0.05, 0.1) is 18.2 Å². The van der Waals surface area contributed by atoms with E-state index in [0.29, 0.717) is 21.9 Å². The molecular formula is C19H12F2N4OS. The highest BCUT2D eigenvalue weighted by Gasteiger charge is 2.11. The lowest BCUT2D eigenvalue weighted by Crippen LogP contribution is -2.11. The number of nitrogens with zero attached hydrogens (tertiary/aromatic N) is 4. The van der Waals surface area contributed by atoms with E-state index in [0.717, 1.165) is 12.1 Å². The first kappa shape index (κ1) is 17.0. The number of hydrogen-bond donors (Lipinski definition) is 0. The van der Waals surface area contributed by atoms with Crippen molar-refractivity contribution in [3.63, 3.8) is 0 Å². The zero-order valence-corrected chi connectivity index (χ0v) is 14.6. The van der Waals surface area contributed by atoms with Crippen molar-refractivity contribution in [1.29, 1.82) is 0 Å². The third kappa shape index (κ3) is 3.75. The molecule has 0 aliphatic rings. The molecule has 0 fully saturated rings. The number of rotatable bonds is 4. The summed E-state index contributed by atoms with van der Waals surface area (Å²) >= 11 is 1.26. The maximum absolute atomic E-state index is 14.0. The molecule has 0 spiro atoms. The largest absolute Gasteiger partial charge is 0.463 e. The number of furan rings is 1. The molecule has 0 N–H and O–H groups in total. The van der Waals surface area contributed by atoms with E-state index >= 15 is 0 Å². The smallest absolute Gasteiger partial charge is 0.211 e. The Labute approximate surface area is 156 Å². The van der Waals surface area contributed by atoms with Crippen LogP contribution in [0.5, 0.6) is 0 Å². The number of halogens is 2. The van der Waals surface area contributed by atoms with Crippen LogP contribution in [0.2, 0.25) is 0 Å². The highest BCUT2D eigenvalue weighted by Crippen LogP contribution is 2.22. The molecule has 0 amide bonds. The van der Waals surface area contributed by atoms with E-state index in [4.69, 9.17) is 4.42 Å². The average molecular weight is 382 g/mol. The number of hydrogen-bond acceptors (Lipinski definition) is 5. The van der Waals surface area contributed by atoms with Gasteiger partial charge < -0.3 is 4.42 Å².